The smallest absolute Gasteiger partial charge is 0.337 e. The average Bonchev–Trinajstić information content (AvgIpc) is 2.55. The van der Waals surface area contributed by atoms with Crippen LogP contribution in [0.4, 0.5) is 5.69 Å². The first-order valence-electron chi connectivity index (χ1n) is 6.87. The number of methoxy groups -OCH3 is 1. The number of hydrogen-bond acceptors (Lipinski definition) is 4. The van der Waals surface area contributed by atoms with E-state index in [4.69, 9.17) is 0 Å². The van der Waals surface area contributed by atoms with Crippen LogP contribution in [0.5, 0.6) is 0 Å². The van der Waals surface area contributed by atoms with Gasteiger partial charge in [0.2, 0.25) is 0 Å². The number of rotatable bonds is 5. The maximum Gasteiger partial charge on any atom is 0.337 e. The van der Waals surface area contributed by atoms with Crippen molar-refractivity contribution in [3.63, 3.8) is 0 Å². The Morgan fingerprint density at radius 1 is 1.09 bits per heavy atom. The molecule has 0 saturated heterocycles. The van der Waals surface area contributed by atoms with Gasteiger partial charge in [-0.1, -0.05) is 15.9 Å². The molecule has 0 unspecified atom stereocenters. The zero-order valence-corrected chi connectivity index (χ0v) is 15.1. The second-order valence-corrected chi connectivity index (χ2v) is 7.44. The number of sulfonamides is 1. The van der Waals surface area contributed by atoms with Crippen molar-refractivity contribution in [2.75, 3.05) is 18.0 Å². The monoisotopic (exact) mass is 397 g/mol. The first-order valence-corrected chi connectivity index (χ1v) is 9.10. The lowest BCUT2D eigenvalue weighted by Gasteiger charge is -2.23. The third-order valence-electron chi connectivity index (χ3n) is 3.27. The van der Waals surface area contributed by atoms with E-state index in [-0.39, 0.29) is 11.4 Å². The quantitative estimate of drug-likeness (QED) is 0.724. The molecule has 0 radical (unpaired) electrons. The summed E-state index contributed by atoms with van der Waals surface area (Å²) in [5, 5.41) is 0. The van der Waals surface area contributed by atoms with Crippen LogP contribution in [-0.2, 0) is 14.8 Å². The summed E-state index contributed by atoms with van der Waals surface area (Å²) < 4.78 is 32.3. The van der Waals surface area contributed by atoms with Crippen LogP contribution < -0.4 is 4.31 Å². The summed E-state index contributed by atoms with van der Waals surface area (Å²) in [5.41, 5.74) is 0.858. The molecule has 0 aliphatic heterocycles. The van der Waals surface area contributed by atoms with Crippen molar-refractivity contribution in [3.8, 4) is 0 Å². The molecule has 0 amide bonds. The molecule has 0 heterocycles. The van der Waals surface area contributed by atoms with Crippen molar-refractivity contribution in [2.45, 2.75) is 11.8 Å². The van der Waals surface area contributed by atoms with Crippen LogP contribution in [0, 0.1) is 0 Å². The molecule has 0 spiro atoms. The van der Waals surface area contributed by atoms with E-state index in [2.05, 4.69) is 20.7 Å². The number of hydrogen-bond donors (Lipinski definition) is 0. The average molecular weight is 398 g/mol. The number of carbonyl (C=O) groups is 1. The molecule has 0 aromatic heterocycles. The molecule has 0 atom stereocenters. The van der Waals surface area contributed by atoms with E-state index in [0.29, 0.717) is 11.3 Å². The fourth-order valence-corrected chi connectivity index (χ4v) is 3.84. The molecule has 0 aliphatic rings. The molecule has 0 aliphatic carbocycles. The van der Waals surface area contributed by atoms with Crippen LogP contribution >= 0.6 is 15.9 Å². The fraction of sp³-hybridized carbons (Fsp3) is 0.188. The summed E-state index contributed by atoms with van der Waals surface area (Å²) in [7, 11) is -2.37. The second kappa shape index (κ2) is 7.14. The Labute approximate surface area is 144 Å². The van der Waals surface area contributed by atoms with Crippen LogP contribution in [0.2, 0.25) is 0 Å². The van der Waals surface area contributed by atoms with Crippen LogP contribution in [-0.4, -0.2) is 28.0 Å². The maximum absolute atomic E-state index is 12.8. The first kappa shape index (κ1) is 17.5. The van der Waals surface area contributed by atoms with Gasteiger partial charge in [-0.2, -0.15) is 0 Å². The predicted molar refractivity (Wildman–Crippen MR) is 92.1 cm³/mol. The molecule has 0 bridgehead atoms. The molecule has 23 heavy (non-hydrogen) atoms. The third-order valence-corrected chi connectivity index (χ3v) is 5.71. The van der Waals surface area contributed by atoms with Crippen molar-refractivity contribution >= 4 is 37.6 Å². The van der Waals surface area contributed by atoms with Gasteiger partial charge >= 0.3 is 5.97 Å². The minimum atomic E-state index is -3.66. The van der Waals surface area contributed by atoms with Gasteiger partial charge in [0.25, 0.3) is 10.0 Å². The summed E-state index contributed by atoms with van der Waals surface area (Å²) in [6, 6.07) is 12.7. The van der Waals surface area contributed by atoms with Crippen molar-refractivity contribution in [2.24, 2.45) is 0 Å². The lowest BCUT2D eigenvalue weighted by Crippen LogP contribution is -2.30. The van der Waals surface area contributed by atoms with Gasteiger partial charge in [0.15, 0.2) is 0 Å². The number of esters is 1. The number of nitrogens with zero attached hydrogens (tertiary/aromatic N) is 1. The van der Waals surface area contributed by atoms with E-state index in [0.717, 1.165) is 4.47 Å². The van der Waals surface area contributed by atoms with Crippen molar-refractivity contribution in [1.82, 2.24) is 0 Å². The van der Waals surface area contributed by atoms with Crippen LogP contribution in [0.1, 0.15) is 17.3 Å². The molecule has 7 heteroatoms. The Balaban J connectivity index is 2.38. The van der Waals surface area contributed by atoms with Gasteiger partial charge in [-0.3, -0.25) is 4.31 Å². The van der Waals surface area contributed by atoms with Gasteiger partial charge in [-0.25, -0.2) is 13.2 Å². The normalized spacial score (nSPS) is 11.1. The highest BCUT2D eigenvalue weighted by molar-refractivity contribution is 9.10. The fourth-order valence-electron chi connectivity index (χ4n) is 2.11. The van der Waals surface area contributed by atoms with Crippen LogP contribution in [0.3, 0.4) is 0 Å². The van der Waals surface area contributed by atoms with Gasteiger partial charge in [0, 0.05) is 11.0 Å². The highest BCUT2D eigenvalue weighted by Gasteiger charge is 2.23. The van der Waals surface area contributed by atoms with Gasteiger partial charge in [0.1, 0.15) is 0 Å². The summed E-state index contributed by atoms with van der Waals surface area (Å²) in [4.78, 5) is 11.7. The lowest BCUT2D eigenvalue weighted by atomic mass is 10.2. The standard InChI is InChI=1S/C16H16BrNO4S/c1-3-18(14-8-4-12(5-9-14)16(19)22-2)23(20,21)15-10-6-13(17)7-11-15/h4-11H,3H2,1-2H3. The molecule has 0 fully saturated rings. The minimum absolute atomic E-state index is 0.208. The van der Waals surface area contributed by atoms with E-state index in [1.54, 1.807) is 55.5 Å². The maximum atomic E-state index is 12.8. The third kappa shape index (κ3) is 3.73. The van der Waals surface area contributed by atoms with Crippen molar-refractivity contribution in [3.05, 3.63) is 58.6 Å². The Bertz CT molecular complexity index is 786. The summed E-state index contributed by atoms with van der Waals surface area (Å²) in [5.74, 6) is -0.463. The van der Waals surface area contributed by atoms with E-state index >= 15 is 0 Å². The number of benzene rings is 2. The minimum Gasteiger partial charge on any atom is -0.465 e. The highest BCUT2D eigenvalue weighted by atomic mass is 79.9. The molecule has 2 aromatic carbocycles. The van der Waals surface area contributed by atoms with Crippen LogP contribution in [0.25, 0.3) is 0 Å². The molecular formula is C16H16BrNO4S. The predicted octanol–water partition coefficient (Wildman–Crippen LogP) is 3.45. The number of anilines is 1. The van der Waals surface area contributed by atoms with Crippen LogP contribution in [0.15, 0.2) is 57.9 Å². The Hall–Kier alpha value is -1.86. The molecule has 2 rings (SSSR count). The SMILES string of the molecule is CCN(c1ccc(C(=O)OC)cc1)S(=O)(=O)c1ccc(Br)cc1. The van der Waals surface area contributed by atoms with Gasteiger partial charge in [-0.15, -0.1) is 0 Å². The zero-order valence-electron chi connectivity index (χ0n) is 12.7. The lowest BCUT2D eigenvalue weighted by molar-refractivity contribution is 0.0601. The first-order chi connectivity index (χ1) is 10.9. The summed E-state index contributed by atoms with van der Waals surface area (Å²) in [6.07, 6.45) is 0. The van der Waals surface area contributed by atoms with E-state index in [1.807, 2.05) is 0 Å². The molecule has 5 nitrogen and oxygen atoms in total. The summed E-state index contributed by atoms with van der Waals surface area (Å²) in [6.45, 7) is 2.03. The van der Waals surface area contributed by atoms with Gasteiger partial charge in [-0.05, 0) is 55.5 Å². The second-order valence-electron chi connectivity index (χ2n) is 4.66. The summed E-state index contributed by atoms with van der Waals surface area (Å²) >= 11 is 3.29. The molecular weight excluding hydrogens is 382 g/mol. The molecule has 0 N–H and O–H groups in total. The Morgan fingerprint density at radius 2 is 1.65 bits per heavy atom. The van der Waals surface area contributed by atoms with E-state index in [1.165, 1.54) is 11.4 Å². The number of carbonyl (C=O) groups excluding carboxylic acids is 1. The van der Waals surface area contributed by atoms with E-state index < -0.39 is 16.0 Å². The molecule has 122 valence electrons. The van der Waals surface area contributed by atoms with Crippen molar-refractivity contribution in [1.29, 1.82) is 0 Å². The van der Waals surface area contributed by atoms with Gasteiger partial charge < -0.3 is 4.74 Å². The Morgan fingerprint density at radius 3 is 2.13 bits per heavy atom. The molecule has 2 aromatic rings. The Kier molecular flexibility index (Phi) is 5.43. The van der Waals surface area contributed by atoms with Gasteiger partial charge in [0.05, 0.1) is 23.3 Å². The largest absolute Gasteiger partial charge is 0.465 e. The van der Waals surface area contributed by atoms with Crippen molar-refractivity contribution < 1.29 is 17.9 Å². The topological polar surface area (TPSA) is 63.7 Å². The van der Waals surface area contributed by atoms with E-state index in [9.17, 15) is 13.2 Å². The highest BCUT2D eigenvalue weighted by Crippen LogP contribution is 2.25. The number of ether oxygens (including phenoxy) is 1. The zero-order chi connectivity index (χ0) is 17.0. The number of halogens is 1. The molecule has 0 saturated carbocycles.